The van der Waals surface area contributed by atoms with Crippen LogP contribution in [0.5, 0.6) is 0 Å². The van der Waals surface area contributed by atoms with Gasteiger partial charge >= 0.3 is 0 Å². The van der Waals surface area contributed by atoms with Crippen molar-refractivity contribution in [3.8, 4) is 11.4 Å². The molecule has 1 aromatic heterocycles. The molecule has 0 amide bonds. The molecule has 0 spiro atoms. The highest BCUT2D eigenvalue weighted by Crippen LogP contribution is 2.30. The van der Waals surface area contributed by atoms with E-state index in [0.29, 0.717) is 10.0 Å². The van der Waals surface area contributed by atoms with Crippen molar-refractivity contribution in [2.24, 2.45) is 0 Å². The number of aryl methyl sites for hydroxylation is 1. The molecule has 96 valence electrons. The Morgan fingerprint density at radius 1 is 1.11 bits per heavy atom. The minimum atomic E-state index is 0.523. The molecular weight excluding hydrogens is 347 g/mol. The lowest BCUT2D eigenvalue weighted by molar-refractivity contribution is 1.33. The molecule has 0 atom stereocenters. The molecule has 3 aromatic rings. The highest BCUT2D eigenvalue weighted by atomic mass is 79.9. The number of aromatic nitrogens is 2. The molecular formula is C14H9BrCl2N2. The molecule has 3 rings (SSSR count). The third kappa shape index (κ3) is 2.38. The van der Waals surface area contributed by atoms with Gasteiger partial charge < -0.3 is 4.98 Å². The van der Waals surface area contributed by atoms with Gasteiger partial charge in [-0.25, -0.2) is 4.98 Å². The second kappa shape index (κ2) is 4.82. The number of H-pyrrole nitrogens is 1. The summed E-state index contributed by atoms with van der Waals surface area (Å²) in [7, 11) is 0. The number of aromatic amines is 1. The first-order chi connectivity index (χ1) is 9.04. The van der Waals surface area contributed by atoms with Gasteiger partial charge in [0.2, 0.25) is 0 Å². The topological polar surface area (TPSA) is 28.7 Å². The lowest BCUT2D eigenvalue weighted by Crippen LogP contribution is -1.80. The molecule has 1 N–H and O–H groups in total. The number of rotatable bonds is 1. The summed E-state index contributed by atoms with van der Waals surface area (Å²) in [6, 6.07) is 9.58. The van der Waals surface area contributed by atoms with Crippen LogP contribution in [-0.4, -0.2) is 9.97 Å². The van der Waals surface area contributed by atoms with Crippen LogP contribution >= 0.6 is 39.1 Å². The predicted octanol–water partition coefficient (Wildman–Crippen LogP) is 5.61. The monoisotopic (exact) mass is 354 g/mol. The summed E-state index contributed by atoms with van der Waals surface area (Å²) >= 11 is 15.5. The van der Waals surface area contributed by atoms with Gasteiger partial charge in [-0.2, -0.15) is 0 Å². The Morgan fingerprint density at radius 2 is 1.89 bits per heavy atom. The van der Waals surface area contributed by atoms with Gasteiger partial charge in [-0.05, 0) is 58.7 Å². The minimum absolute atomic E-state index is 0.523. The van der Waals surface area contributed by atoms with Gasteiger partial charge in [0.25, 0.3) is 0 Å². The molecule has 5 heteroatoms. The van der Waals surface area contributed by atoms with Crippen molar-refractivity contribution in [1.29, 1.82) is 0 Å². The maximum absolute atomic E-state index is 6.04. The largest absolute Gasteiger partial charge is 0.338 e. The Hall–Kier alpha value is -1.03. The summed E-state index contributed by atoms with van der Waals surface area (Å²) in [5.41, 5.74) is 3.98. The molecule has 0 fully saturated rings. The van der Waals surface area contributed by atoms with E-state index >= 15 is 0 Å². The third-order valence-electron chi connectivity index (χ3n) is 2.88. The fourth-order valence-corrected chi connectivity index (χ4v) is 2.95. The van der Waals surface area contributed by atoms with Crippen molar-refractivity contribution in [3.05, 3.63) is 50.4 Å². The maximum Gasteiger partial charge on any atom is 0.138 e. The van der Waals surface area contributed by atoms with Crippen LogP contribution in [0.15, 0.2) is 34.8 Å². The molecule has 0 saturated heterocycles. The van der Waals surface area contributed by atoms with E-state index in [0.717, 1.165) is 26.9 Å². The predicted molar refractivity (Wildman–Crippen MR) is 84.0 cm³/mol. The number of hydrogen-bond acceptors (Lipinski definition) is 1. The van der Waals surface area contributed by atoms with Crippen LogP contribution in [0, 0.1) is 6.92 Å². The van der Waals surface area contributed by atoms with Crippen molar-refractivity contribution in [3.63, 3.8) is 0 Å². The molecule has 19 heavy (non-hydrogen) atoms. The SMILES string of the molecule is Cc1cc(Br)c2nc(-c3ccc(Cl)c(Cl)c3)[nH]c2c1. The van der Waals surface area contributed by atoms with Crippen molar-refractivity contribution in [1.82, 2.24) is 9.97 Å². The lowest BCUT2D eigenvalue weighted by Gasteiger charge is -1.99. The molecule has 0 saturated carbocycles. The Balaban J connectivity index is 2.20. The number of imidazole rings is 1. The third-order valence-corrected chi connectivity index (χ3v) is 4.22. The second-order valence-electron chi connectivity index (χ2n) is 4.36. The summed E-state index contributed by atoms with van der Waals surface area (Å²) < 4.78 is 0.977. The molecule has 0 aliphatic rings. The van der Waals surface area contributed by atoms with Gasteiger partial charge in [-0.15, -0.1) is 0 Å². The van der Waals surface area contributed by atoms with Crippen LogP contribution in [0.1, 0.15) is 5.56 Å². The summed E-state index contributed by atoms with van der Waals surface area (Å²) in [6.07, 6.45) is 0. The molecule has 0 aliphatic carbocycles. The number of fused-ring (bicyclic) bond motifs is 1. The summed E-state index contributed by atoms with van der Waals surface area (Å²) in [5, 5.41) is 1.06. The first kappa shape index (κ1) is 13.0. The zero-order chi connectivity index (χ0) is 13.6. The average molecular weight is 356 g/mol. The van der Waals surface area contributed by atoms with E-state index in [1.54, 1.807) is 6.07 Å². The van der Waals surface area contributed by atoms with Crippen LogP contribution in [0.25, 0.3) is 22.4 Å². The van der Waals surface area contributed by atoms with Gasteiger partial charge in [0.05, 0.1) is 15.6 Å². The highest BCUT2D eigenvalue weighted by Gasteiger charge is 2.10. The lowest BCUT2D eigenvalue weighted by atomic mass is 10.2. The van der Waals surface area contributed by atoms with E-state index < -0.39 is 0 Å². The standard InChI is InChI=1S/C14H9BrCl2N2/c1-7-4-9(15)13-12(5-7)18-14(19-13)8-2-3-10(16)11(17)6-8/h2-6H,1H3,(H,18,19). The van der Waals surface area contributed by atoms with Crippen molar-refractivity contribution >= 4 is 50.2 Å². The smallest absolute Gasteiger partial charge is 0.138 e. The van der Waals surface area contributed by atoms with Crippen molar-refractivity contribution in [2.45, 2.75) is 6.92 Å². The van der Waals surface area contributed by atoms with Crippen LogP contribution in [0.3, 0.4) is 0 Å². The zero-order valence-corrected chi connectivity index (χ0v) is 13.1. The summed E-state index contributed by atoms with van der Waals surface area (Å²) in [4.78, 5) is 7.89. The second-order valence-corrected chi connectivity index (χ2v) is 6.03. The van der Waals surface area contributed by atoms with Crippen molar-refractivity contribution in [2.75, 3.05) is 0 Å². The van der Waals surface area contributed by atoms with E-state index in [4.69, 9.17) is 23.2 Å². The first-order valence-corrected chi connectivity index (χ1v) is 7.21. The zero-order valence-electron chi connectivity index (χ0n) is 9.97. The average Bonchev–Trinajstić information content (AvgIpc) is 2.76. The molecule has 2 nitrogen and oxygen atoms in total. The number of benzene rings is 2. The fraction of sp³-hybridized carbons (Fsp3) is 0.0714. The van der Waals surface area contributed by atoms with Gasteiger partial charge in [-0.1, -0.05) is 23.2 Å². The minimum Gasteiger partial charge on any atom is -0.338 e. The quantitative estimate of drug-likeness (QED) is 0.604. The van der Waals surface area contributed by atoms with E-state index in [-0.39, 0.29) is 0 Å². The normalized spacial score (nSPS) is 11.2. The summed E-state index contributed by atoms with van der Waals surface area (Å²) in [5.74, 6) is 0.778. The van der Waals surface area contributed by atoms with E-state index in [1.165, 1.54) is 5.56 Å². The van der Waals surface area contributed by atoms with Gasteiger partial charge in [-0.3, -0.25) is 0 Å². The first-order valence-electron chi connectivity index (χ1n) is 5.66. The van der Waals surface area contributed by atoms with Crippen LogP contribution in [0.4, 0.5) is 0 Å². The van der Waals surface area contributed by atoms with Gasteiger partial charge in [0.1, 0.15) is 11.3 Å². The van der Waals surface area contributed by atoms with Crippen LogP contribution in [-0.2, 0) is 0 Å². The number of halogens is 3. The Kier molecular flexibility index (Phi) is 3.29. The highest BCUT2D eigenvalue weighted by molar-refractivity contribution is 9.10. The number of nitrogens with zero attached hydrogens (tertiary/aromatic N) is 1. The molecule has 0 unspecified atom stereocenters. The summed E-state index contributed by atoms with van der Waals surface area (Å²) in [6.45, 7) is 2.05. The van der Waals surface area contributed by atoms with E-state index in [1.807, 2.05) is 25.1 Å². The number of nitrogens with one attached hydrogen (secondary N) is 1. The van der Waals surface area contributed by atoms with E-state index in [9.17, 15) is 0 Å². The molecule has 0 bridgehead atoms. The molecule has 1 heterocycles. The van der Waals surface area contributed by atoms with Crippen molar-refractivity contribution < 1.29 is 0 Å². The van der Waals surface area contributed by atoms with Crippen LogP contribution < -0.4 is 0 Å². The van der Waals surface area contributed by atoms with Gasteiger partial charge in [0.15, 0.2) is 0 Å². The Morgan fingerprint density at radius 3 is 2.63 bits per heavy atom. The number of hydrogen-bond donors (Lipinski definition) is 1. The Bertz CT molecular complexity index is 780. The van der Waals surface area contributed by atoms with E-state index in [2.05, 4.69) is 32.0 Å². The Labute approximate surface area is 128 Å². The fourth-order valence-electron chi connectivity index (χ4n) is 1.99. The molecule has 0 radical (unpaired) electrons. The molecule has 0 aliphatic heterocycles. The molecule has 2 aromatic carbocycles. The van der Waals surface area contributed by atoms with Gasteiger partial charge in [0, 0.05) is 10.0 Å². The maximum atomic E-state index is 6.04. The van der Waals surface area contributed by atoms with Crippen LogP contribution in [0.2, 0.25) is 10.0 Å².